The van der Waals surface area contributed by atoms with Gasteiger partial charge in [0.05, 0.1) is 10.8 Å². The number of primary sulfonamides is 1. The Balaban J connectivity index is 2.89. The van der Waals surface area contributed by atoms with Crippen molar-refractivity contribution in [2.75, 3.05) is 5.75 Å². The average Bonchev–Trinajstić information content (AvgIpc) is 2.24. The Morgan fingerprint density at radius 1 is 1.47 bits per heavy atom. The first-order valence-electron chi connectivity index (χ1n) is 4.80. The second-order valence-corrected chi connectivity index (χ2v) is 6.13. The summed E-state index contributed by atoms with van der Waals surface area (Å²) in [4.78, 5) is 11.2. The lowest BCUT2D eigenvalue weighted by Gasteiger charge is -2.09. The molecule has 0 aliphatic rings. The van der Waals surface area contributed by atoms with Crippen LogP contribution < -0.4 is 5.14 Å². The second kappa shape index (κ2) is 5.52. The van der Waals surface area contributed by atoms with Gasteiger partial charge in [-0.3, -0.25) is 4.79 Å². The van der Waals surface area contributed by atoms with E-state index in [2.05, 4.69) is 0 Å². The first-order chi connectivity index (χ1) is 7.82. The van der Waals surface area contributed by atoms with Gasteiger partial charge in [-0.25, -0.2) is 13.6 Å². The Labute approximate surface area is 104 Å². The first kappa shape index (κ1) is 14.0. The lowest BCUT2D eigenvalue weighted by atomic mass is 10.2. The molecule has 1 rings (SSSR count). The van der Waals surface area contributed by atoms with Gasteiger partial charge in [-0.2, -0.15) is 0 Å². The van der Waals surface area contributed by atoms with Crippen molar-refractivity contribution in [3.63, 3.8) is 0 Å². The molecule has 1 aromatic rings. The van der Waals surface area contributed by atoms with Gasteiger partial charge in [0, 0.05) is 10.6 Å². The molecule has 0 spiro atoms. The Morgan fingerprint density at radius 3 is 2.59 bits per heavy atom. The zero-order valence-electron chi connectivity index (χ0n) is 9.16. The van der Waals surface area contributed by atoms with E-state index in [0.29, 0.717) is 10.6 Å². The molecule has 0 aromatic heterocycles. The topological polar surface area (TPSA) is 97.5 Å². The Morgan fingerprint density at radius 2 is 2.06 bits per heavy atom. The number of nitrogens with two attached hydrogens (primary N) is 1. The highest BCUT2D eigenvalue weighted by Gasteiger charge is 2.16. The summed E-state index contributed by atoms with van der Waals surface area (Å²) >= 11 is 1.17. The minimum absolute atomic E-state index is 0.0302. The molecule has 7 heteroatoms. The molecule has 0 aliphatic heterocycles. The van der Waals surface area contributed by atoms with Crippen LogP contribution in [0.15, 0.2) is 34.1 Å². The number of hydrogen-bond donors (Lipinski definition) is 2. The Kier molecular flexibility index (Phi) is 4.55. The van der Waals surface area contributed by atoms with E-state index < -0.39 is 21.9 Å². The third-order valence-corrected chi connectivity index (χ3v) is 4.50. The predicted octanol–water partition coefficient (Wildman–Crippen LogP) is 1.15. The lowest BCUT2D eigenvalue weighted by Crippen LogP contribution is -2.14. The van der Waals surface area contributed by atoms with Gasteiger partial charge in [-0.05, 0) is 12.1 Å². The van der Waals surface area contributed by atoms with Crippen LogP contribution in [0, 0.1) is 5.92 Å². The molecule has 0 heterocycles. The van der Waals surface area contributed by atoms with E-state index in [0.717, 1.165) is 0 Å². The van der Waals surface area contributed by atoms with Crippen LogP contribution in [0.5, 0.6) is 0 Å². The summed E-state index contributed by atoms with van der Waals surface area (Å²) in [6, 6.07) is 6.27. The minimum Gasteiger partial charge on any atom is -0.481 e. The van der Waals surface area contributed by atoms with E-state index in [1.807, 2.05) is 0 Å². The maximum Gasteiger partial charge on any atom is 0.307 e. The number of carboxylic acid groups (broad SMARTS) is 1. The summed E-state index contributed by atoms with van der Waals surface area (Å²) < 4.78 is 22.6. The van der Waals surface area contributed by atoms with Crippen molar-refractivity contribution >= 4 is 27.8 Å². The third kappa shape index (κ3) is 4.03. The van der Waals surface area contributed by atoms with Crippen LogP contribution in [0.3, 0.4) is 0 Å². The van der Waals surface area contributed by atoms with Crippen molar-refractivity contribution < 1.29 is 18.3 Å². The van der Waals surface area contributed by atoms with Gasteiger partial charge in [0.15, 0.2) is 0 Å². The SMILES string of the molecule is CC(CSc1ccccc1S(N)(=O)=O)C(=O)O. The number of rotatable bonds is 5. The predicted molar refractivity (Wildman–Crippen MR) is 65.3 cm³/mol. The molecule has 3 N–H and O–H groups in total. The largest absolute Gasteiger partial charge is 0.481 e. The monoisotopic (exact) mass is 275 g/mol. The van der Waals surface area contributed by atoms with Crippen molar-refractivity contribution in [2.24, 2.45) is 11.1 Å². The summed E-state index contributed by atoms with van der Waals surface area (Å²) in [6.45, 7) is 1.56. The standard InChI is InChI=1S/C10H13NO4S2/c1-7(10(12)13)6-16-8-4-2-3-5-9(8)17(11,14)15/h2-5,7H,6H2,1H3,(H,12,13)(H2,11,14,15). The number of benzene rings is 1. The van der Waals surface area contributed by atoms with Crippen LogP contribution in [0.4, 0.5) is 0 Å². The molecule has 0 amide bonds. The van der Waals surface area contributed by atoms with Gasteiger partial charge in [-0.15, -0.1) is 11.8 Å². The number of carbonyl (C=O) groups is 1. The average molecular weight is 275 g/mol. The molecule has 0 aliphatic carbocycles. The van der Waals surface area contributed by atoms with Crippen LogP contribution in [0.1, 0.15) is 6.92 Å². The second-order valence-electron chi connectivity index (χ2n) is 3.54. The Hall–Kier alpha value is -1.05. The number of carboxylic acids is 1. The maximum absolute atomic E-state index is 11.3. The van der Waals surface area contributed by atoms with Crippen LogP contribution in [-0.4, -0.2) is 25.2 Å². The fraction of sp³-hybridized carbons (Fsp3) is 0.300. The van der Waals surface area contributed by atoms with Crippen LogP contribution in [0.2, 0.25) is 0 Å². The van der Waals surface area contributed by atoms with Crippen molar-refractivity contribution in [1.82, 2.24) is 0 Å². The van der Waals surface area contributed by atoms with Gasteiger partial charge >= 0.3 is 5.97 Å². The molecule has 94 valence electrons. The summed E-state index contributed by atoms with van der Waals surface area (Å²) in [5, 5.41) is 13.8. The van der Waals surface area contributed by atoms with Gasteiger partial charge < -0.3 is 5.11 Å². The highest BCUT2D eigenvalue weighted by Crippen LogP contribution is 2.27. The van der Waals surface area contributed by atoms with E-state index in [9.17, 15) is 13.2 Å². The fourth-order valence-electron chi connectivity index (χ4n) is 1.09. The lowest BCUT2D eigenvalue weighted by molar-refractivity contribution is -0.140. The van der Waals surface area contributed by atoms with Gasteiger partial charge in [0.1, 0.15) is 0 Å². The van der Waals surface area contributed by atoms with E-state index in [1.54, 1.807) is 25.1 Å². The summed E-state index contributed by atoms with van der Waals surface area (Å²) in [5.74, 6) is -1.17. The number of sulfonamides is 1. The zero-order chi connectivity index (χ0) is 13.1. The summed E-state index contributed by atoms with van der Waals surface area (Å²) in [7, 11) is -3.77. The zero-order valence-corrected chi connectivity index (χ0v) is 10.8. The van der Waals surface area contributed by atoms with Crippen molar-refractivity contribution in [1.29, 1.82) is 0 Å². The Bertz CT molecular complexity index is 513. The van der Waals surface area contributed by atoms with Crippen LogP contribution in [-0.2, 0) is 14.8 Å². The van der Waals surface area contributed by atoms with Crippen LogP contribution in [0.25, 0.3) is 0 Å². The quantitative estimate of drug-likeness (QED) is 0.785. The fourth-order valence-corrected chi connectivity index (χ4v) is 3.19. The number of hydrogen-bond acceptors (Lipinski definition) is 4. The van der Waals surface area contributed by atoms with E-state index >= 15 is 0 Å². The molecule has 1 aromatic carbocycles. The van der Waals surface area contributed by atoms with E-state index in [1.165, 1.54) is 17.8 Å². The van der Waals surface area contributed by atoms with Crippen LogP contribution >= 0.6 is 11.8 Å². The van der Waals surface area contributed by atoms with Crippen molar-refractivity contribution in [2.45, 2.75) is 16.7 Å². The molecule has 0 fully saturated rings. The molecule has 0 saturated heterocycles. The molecule has 17 heavy (non-hydrogen) atoms. The smallest absolute Gasteiger partial charge is 0.307 e. The molecule has 1 unspecified atom stereocenters. The molecule has 5 nitrogen and oxygen atoms in total. The normalized spacial score (nSPS) is 13.3. The van der Waals surface area contributed by atoms with Crippen molar-refractivity contribution in [3.8, 4) is 0 Å². The minimum atomic E-state index is -3.77. The van der Waals surface area contributed by atoms with Gasteiger partial charge in [0.2, 0.25) is 10.0 Å². The molecule has 0 saturated carbocycles. The molecule has 1 atom stereocenters. The number of thioether (sulfide) groups is 1. The third-order valence-electron chi connectivity index (χ3n) is 2.07. The van der Waals surface area contributed by atoms with Gasteiger partial charge in [0.25, 0.3) is 0 Å². The highest BCUT2D eigenvalue weighted by atomic mass is 32.2. The number of aliphatic carboxylic acids is 1. The highest BCUT2D eigenvalue weighted by molar-refractivity contribution is 8.00. The summed E-state index contributed by atoms with van der Waals surface area (Å²) in [5.41, 5.74) is 0. The molecule has 0 bridgehead atoms. The molecular formula is C10H13NO4S2. The summed E-state index contributed by atoms with van der Waals surface area (Å²) in [6.07, 6.45) is 0. The first-order valence-corrected chi connectivity index (χ1v) is 7.33. The molecule has 0 radical (unpaired) electrons. The molecular weight excluding hydrogens is 262 g/mol. The van der Waals surface area contributed by atoms with E-state index in [4.69, 9.17) is 10.2 Å². The van der Waals surface area contributed by atoms with E-state index in [-0.39, 0.29) is 4.90 Å². The van der Waals surface area contributed by atoms with Gasteiger partial charge in [-0.1, -0.05) is 19.1 Å². The maximum atomic E-state index is 11.3. The van der Waals surface area contributed by atoms with Crippen molar-refractivity contribution in [3.05, 3.63) is 24.3 Å².